The van der Waals surface area contributed by atoms with E-state index in [9.17, 15) is 19.8 Å². The van der Waals surface area contributed by atoms with Gasteiger partial charge in [0.05, 0.1) is 21.1 Å². The number of Topliss-reactive ketones (excluding diaryl/α,β-unsaturated/α-hetero) is 1. The summed E-state index contributed by atoms with van der Waals surface area (Å²) in [6.45, 7) is 2.25. The average molecular weight is 315 g/mol. The van der Waals surface area contributed by atoms with Gasteiger partial charge >= 0.3 is 0 Å². The summed E-state index contributed by atoms with van der Waals surface area (Å²) in [5, 5.41) is 21.3. The summed E-state index contributed by atoms with van der Waals surface area (Å²) in [6, 6.07) is 0. The van der Waals surface area contributed by atoms with Gasteiger partial charge < -0.3 is 19.5 Å². The predicted molar refractivity (Wildman–Crippen MR) is 85.1 cm³/mol. The van der Waals surface area contributed by atoms with Crippen molar-refractivity contribution >= 4 is 11.8 Å². The highest BCUT2D eigenvalue weighted by Crippen LogP contribution is 2.19. The number of carbonyl (C=O) groups excluding carboxylic acids is 2. The summed E-state index contributed by atoms with van der Waals surface area (Å²) in [4.78, 5) is 23.1. The summed E-state index contributed by atoms with van der Waals surface area (Å²) < 4.78 is 0.326. The molecule has 0 saturated carbocycles. The molecule has 1 atom stereocenters. The van der Waals surface area contributed by atoms with Gasteiger partial charge in [-0.15, -0.1) is 0 Å². The highest BCUT2D eigenvalue weighted by atomic mass is 16.4. The maximum absolute atomic E-state index is 12.3. The number of carbonyl (C=O) groups is 2. The highest BCUT2D eigenvalue weighted by molar-refractivity contribution is 5.90. The Bertz CT molecular complexity index is 349. The normalized spacial score (nSPS) is 14.6. The van der Waals surface area contributed by atoms with E-state index in [4.69, 9.17) is 0 Å². The molecule has 0 heterocycles. The minimum atomic E-state index is -1.82. The van der Waals surface area contributed by atoms with Crippen molar-refractivity contribution in [2.45, 2.75) is 70.3 Å². The second-order valence-corrected chi connectivity index (χ2v) is 7.32. The van der Waals surface area contributed by atoms with Crippen LogP contribution in [-0.4, -0.2) is 54.6 Å². The first kappa shape index (κ1) is 21.1. The van der Waals surface area contributed by atoms with E-state index in [0.717, 1.165) is 12.8 Å². The quantitative estimate of drug-likeness (QED) is 0.410. The van der Waals surface area contributed by atoms with Gasteiger partial charge in [-0.1, -0.05) is 45.4 Å². The zero-order chi connectivity index (χ0) is 17.2. The smallest absolute Gasteiger partial charge is 0.177 e. The number of aliphatic carboxylic acids is 1. The van der Waals surface area contributed by atoms with Crippen molar-refractivity contribution in [3.05, 3.63) is 0 Å². The number of aliphatic hydroxyl groups is 1. The van der Waals surface area contributed by atoms with E-state index in [0.29, 0.717) is 10.9 Å². The summed E-state index contributed by atoms with van der Waals surface area (Å²) >= 11 is 0. The first-order chi connectivity index (χ1) is 10.1. The summed E-state index contributed by atoms with van der Waals surface area (Å²) in [5.74, 6) is -1.76. The zero-order valence-electron chi connectivity index (χ0n) is 14.7. The Morgan fingerprint density at radius 3 is 1.95 bits per heavy atom. The third kappa shape index (κ3) is 9.90. The van der Waals surface area contributed by atoms with Gasteiger partial charge in [-0.25, -0.2) is 0 Å². The molecule has 130 valence electrons. The van der Waals surface area contributed by atoms with E-state index in [-0.39, 0.29) is 18.7 Å². The van der Waals surface area contributed by atoms with Crippen LogP contribution in [0.5, 0.6) is 0 Å². The lowest BCUT2D eigenvalue weighted by Crippen LogP contribution is -2.56. The van der Waals surface area contributed by atoms with Crippen molar-refractivity contribution in [3.63, 3.8) is 0 Å². The monoisotopic (exact) mass is 315 g/mol. The summed E-state index contributed by atoms with van der Waals surface area (Å²) in [7, 11) is 5.46. The third-order valence-corrected chi connectivity index (χ3v) is 3.70. The molecule has 0 aliphatic carbocycles. The summed E-state index contributed by atoms with van der Waals surface area (Å²) in [6.07, 6.45) is 7.19. The van der Waals surface area contributed by atoms with E-state index in [1.165, 1.54) is 25.7 Å². The van der Waals surface area contributed by atoms with Crippen LogP contribution in [0.1, 0.15) is 64.7 Å². The van der Waals surface area contributed by atoms with E-state index in [1.54, 1.807) is 0 Å². The number of hydrogen-bond donors (Lipinski definition) is 1. The minimum absolute atomic E-state index is 0.0797. The lowest BCUT2D eigenvalue weighted by Gasteiger charge is -2.34. The van der Waals surface area contributed by atoms with Gasteiger partial charge in [-0.05, 0) is 6.42 Å². The van der Waals surface area contributed by atoms with Crippen LogP contribution in [0.25, 0.3) is 0 Å². The number of quaternary nitrogens is 1. The fourth-order valence-electron chi connectivity index (χ4n) is 2.74. The maximum atomic E-state index is 12.3. The Morgan fingerprint density at radius 1 is 1.00 bits per heavy atom. The Balaban J connectivity index is 4.31. The first-order valence-corrected chi connectivity index (χ1v) is 8.37. The van der Waals surface area contributed by atoms with Gasteiger partial charge in [0, 0.05) is 18.8 Å². The zero-order valence-corrected chi connectivity index (χ0v) is 14.7. The fourth-order valence-corrected chi connectivity index (χ4v) is 2.74. The lowest BCUT2D eigenvalue weighted by molar-refractivity contribution is -0.875. The molecule has 0 aliphatic rings. The largest absolute Gasteiger partial charge is 0.550 e. The molecule has 5 heteroatoms. The van der Waals surface area contributed by atoms with E-state index < -0.39 is 18.0 Å². The Hall–Kier alpha value is -0.940. The first-order valence-electron chi connectivity index (χ1n) is 8.37. The van der Waals surface area contributed by atoms with Crippen molar-refractivity contribution in [1.29, 1.82) is 0 Å². The molecule has 0 spiro atoms. The fraction of sp³-hybridized carbons (Fsp3) is 0.882. The molecule has 0 aromatic carbocycles. The number of carboxylic acid groups (broad SMARTS) is 1. The molecule has 0 aromatic rings. The van der Waals surface area contributed by atoms with Crippen molar-refractivity contribution in [1.82, 2.24) is 0 Å². The maximum Gasteiger partial charge on any atom is 0.177 e. The molecule has 0 amide bonds. The second kappa shape index (κ2) is 9.95. The molecule has 0 aromatic heterocycles. The molecule has 0 unspecified atom stereocenters. The van der Waals surface area contributed by atoms with E-state index >= 15 is 0 Å². The van der Waals surface area contributed by atoms with E-state index in [2.05, 4.69) is 6.92 Å². The van der Waals surface area contributed by atoms with Crippen LogP contribution < -0.4 is 5.11 Å². The predicted octanol–water partition coefficient (Wildman–Crippen LogP) is 1.27. The number of carboxylic acids is 1. The molecule has 0 radical (unpaired) electrons. The van der Waals surface area contributed by atoms with Crippen molar-refractivity contribution in [3.8, 4) is 0 Å². The lowest BCUT2D eigenvalue weighted by atomic mass is 9.89. The van der Waals surface area contributed by atoms with Crippen molar-refractivity contribution in [2.24, 2.45) is 0 Å². The van der Waals surface area contributed by atoms with Crippen LogP contribution in [-0.2, 0) is 9.59 Å². The van der Waals surface area contributed by atoms with Crippen LogP contribution in [0.2, 0.25) is 0 Å². The molecule has 5 nitrogen and oxygen atoms in total. The molecule has 0 bridgehead atoms. The Morgan fingerprint density at radius 2 is 1.50 bits per heavy atom. The van der Waals surface area contributed by atoms with Crippen molar-refractivity contribution in [2.75, 3.05) is 27.7 Å². The Labute approximate surface area is 134 Å². The molecule has 0 rings (SSSR count). The van der Waals surface area contributed by atoms with Gasteiger partial charge in [-0.2, -0.15) is 0 Å². The van der Waals surface area contributed by atoms with Gasteiger partial charge in [-0.3, -0.25) is 4.79 Å². The number of likely N-dealkylation sites (N-methyl/N-ethyl adjacent to an activating group) is 1. The molecular formula is C17H33NO4. The highest BCUT2D eigenvalue weighted by Gasteiger charge is 2.40. The van der Waals surface area contributed by atoms with Gasteiger partial charge in [0.25, 0.3) is 0 Å². The van der Waals surface area contributed by atoms with Crippen LogP contribution in [0, 0.1) is 0 Å². The van der Waals surface area contributed by atoms with Crippen molar-refractivity contribution < 1.29 is 24.3 Å². The number of ketones is 1. The summed E-state index contributed by atoms with van der Waals surface area (Å²) in [5.41, 5.74) is -1.82. The van der Waals surface area contributed by atoms with E-state index in [1.807, 2.05) is 21.1 Å². The standard InChI is InChI=1S/C17H33NO4/c1-5-6-7-8-9-10-11-12-15(19)17(22,13-16(20)21)14-18(2,3)4/h22H,5-14H2,1-4H3/t17-/m1/s1. The topological polar surface area (TPSA) is 77.4 Å². The molecule has 1 N–H and O–H groups in total. The second-order valence-electron chi connectivity index (χ2n) is 7.32. The van der Waals surface area contributed by atoms with Crippen LogP contribution in [0.15, 0.2) is 0 Å². The molecular weight excluding hydrogens is 282 g/mol. The number of unbranched alkanes of at least 4 members (excludes halogenated alkanes) is 6. The van der Waals surface area contributed by atoms with Gasteiger partial charge in [0.1, 0.15) is 6.54 Å². The average Bonchev–Trinajstić information content (AvgIpc) is 2.34. The third-order valence-electron chi connectivity index (χ3n) is 3.70. The molecule has 22 heavy (non-hydrogen) atoms. The number of hydrogen-bond acceptors (Lipinski definition) is 4. The molecule has 0 aliphatic heterocycles. The SMILES string of the molecule is CCCCCCCCCC(=O)[C@@](O)(CC(=O)[O-])C[N+](C)(C)C. The van der Waals surface area contributed by atoms with Gasteiger partial charge in [0.15, 0.2) is 11.4 Å². The van der Waals surface area contributed by atoms with Gasteiger partial charge in [0.2, 0.25) is 0 Å². The minimum Gasteiger partial charge on any atom is -0.550 e. The number of rotatable bonds is 13. The molecule has 0 saturated heterocycles. The Kier molecular flexibility index (Phi) is 9.53. The van der Waals surface area contributed by atoms with Crippen LogP contribution >= 0.6 is 0 Å². The molecule has 0 fully saturated rings. The van der Waals surface area contributed by atoms with Crippen LogP contribution in [0.3, 0.4) is 0 Å². The number of nitrogens with zero attached hydrogens (tertiary/aromatic N) is 1. The van der Waals surface area contributed by atoms with Crippen LogP contribution in [0.4, 0.5) is 0 Å².